The second kappa shape index (κ2) is 2.02. The fourth-order valence-corrected chi connectivity index (χ4v) is 3.66. The third-order valence-electron chi connectivity index (χ3n) is 5.00. The zero-order valence-electron chi connectivity index (χ0n) is 8.22. The molecular formula is C11H20. The van der Waals surface area contributed by atoms with Crippen molar-refractivity contribution >= 4 is 0 Å². The first-order valence-electron chi connectivity index (χ1n) is 5.13. The Labute approximate surface area is 70.4 Å². The average Bonchev–Trinajstić information content (AvgIpc) is 2.71. The Morgan fingerprint density at radius 3 is 2.09 bits per heavy atom. The molecule has 2 aliphatic rings. The van der Waals surface area contributed by atoms with Gasteiger partial charge in [0.1, 0.15) is 0 Å². The van der Waals surface area contributed by atoms with E-state index in [0.29, 0.717) is 0 Å². The zero-order valence-corrected chi connectivity index (χ0v) is 8.22. The number of hydrogen-bond donors (Lipinski definition) is 0. The van der Waals surface area contributed by atoms with Gasteiger partial charge >= 0.3 is 0 Å². The highest BCUT2D eigenvalue weighted by atomic mass is 14.7. The summed E-state index contributed by atoms with van der Waals surface area (Å²) in [5.41, 5.74) is 0.804. The van der Waals surface area contributed by atoms with Crippen LogP contribution in [0.1, 0.15) is 40.5 Å². The van der Waals surface area contributed by atoms with E-state index in [0.717, 1.165) is 29.1 Å². The largest absolute Gasteiger partial charge is 0.0648 e. The Kier molecular flexibility index (Phi) is 1.41. The van der Waals surface area contributed by atoms with Crippen LogP contribution in [0.15, 0.2) is 0 Å². The monoisotopic (exact) mass is 152 g/mol. The SMILES string of the molecule is CCC12CC1C(C)C(C)C2C. The predicted molar refractivity (Wildman–Crippen MR) is 48.3 cm³/mol. The highest BCUT2D eigenvalue weighted by Gasteiger charge is 2.65. The molecule has 5 atom stereocenters. The fourth-order valence-electron chi connectivity index (χ4n) is 3.66. The molecule has 2 saturated carbocycles. The fraction of sp³-hybridized carbons (Fsp3) is 1.00. The highest BCUT2D eigenvalue weighted by molar-refractivity contribution is 5.13. The summed E-state index contributed by atoms with van der Waals surface area (Å²) in [5, 5.41) is 0. The molecule has 0 N–H and O–H groups in total. The van der Waals surface area contributed by atoms with Gasteiger partial charge in [0.15, 0.2) is 0 Å². The predicted octanol–water partition coefficient (Wildman–Crippen LogP) is 3.32. The Morgan fingerprint density at radius 2 is 1.82 bits per heavy atom. The second-order valence-electron chi connectivity index (χ2n) is 4.90. The standard InChI is InChI=1S/C11H20/c1-5-11-6-10(11)8(3)7(2)9(11)4/h7-10H,5-6H2,1-4H3. The minimum absolute atomic E-state index is 0.804. The van der Waals surface area contributed by atoms with E-state index < -0.39 is 0 Å². The first-order chi connectivity index (χ1) is 5.13. The highest BCUT2D eigenvalue weighted by Crippen LogP contribution is 2.72. The Hall–Kier alpha value is 0. The topological polar surface area (TPSA) is 0 Å². The van der Waals surface area contributed by atoms with E-state index in [9.17, 15) is 0 Å². The van der Waals surface area contributed by atoms with Crippen LogP contribution in [0, 0.1) is 29.1 Å². The molecule has 2 rings (SSSR count). The van der Waals surface area contributed by atoms with Gasteiger partial charge in [-0.3, -0.25) is 0 Å². The van der Waals surface area contributed by atoms with Gasteiger partial charge in [0.25, 0.3) is 0 Å². The third kappa shape index (κ3) is 0.711. The molecule has 0 heterocycles. The van der Waals surface area contributed by atoms with Crippen LogP contribution in [0.5, 0.6) is 0 Å². The molecule has 0 saturated heterocycles. The van der Waals surface area contributed by atoms with Crippen molar-refractivity contribution in [2.75, 3.05) is 0 Å². The van der Waals surface area contributed by atoms with Crippen molar-refractivity contribution in [3.8, 4) is 0 Å². The van der Waals surface area contributed by atoms with Gasteiger partial charge in [-0.05, 0) is 41.9 Å². The van der Waals surface area contributed by atoms with Gasteiger partial charge in [0.05, 0.1) is 0 Å². The Balaban J connectivity index is 2.21. The molecule has 0 bridgehead atoms. The first-order valence-corrected chi connectivity index (χ1v) is 5.13. The second-order valence-corrected chi connectivity index (χ2v) is 4.90. The summed E-state index contributed by atoms with van der Waals surface area (Å²) in [7, 11) is 0. The molecule has 0 spiro atoms. The zero-order chi connectivity index (χ0) is 8.22. The van der Waals surface area contributed by atoms with Crippen LogP contribution in [-0.4, -0.2) is 0 Å². The van der Waals surface area contributed by atoms with Crippen molar-refractivity contribution in [2.45, 2.75) is 40.5 Å². The average molecular weight is 152 g/mol. The van der Waals surface area contributed by atoms with Gasteiger partial charge in [0, 0.05) is 0 Å². The smallest absolute Gasteiger partial charge is 0.0238 e. The van der Waals surface area contributed by atoms with Crippen LogP contribution in [0.25, 0.3) is 0 Å². The summed E-state index contributed by atoms with van der Waals surface area (Å²) in [5.74, 6) is 4.07. The van der Waals surface area contributed by atoms with E-state index >= 15 is 0 Å². The molecule has 0 nitrogen and oxygen atoms in total. The van der Waals surface area contributed by atoms with Crippen molar-refractivity contribution in [1.29, 1.82) is 0 Å². The van der Waals surface area contributed by atoms with Crippen LogP contribution < -0.4 is 0 Å². The summed E-state index contributed by atoms with van der Waals surface area (Å²) >= 11 is 0. The van der Waals surface area contributed by atoms with Crippen LogP contribution in [-0.2, 0) is 0 Å². The maximum atomic E-state index is 2.47. The van der Waals surface area contributed by atoms with Crippen molar-refractivity contribution in [1.82, 2.24) is 0 Å². The van der Waals surface area contributed by atoms with E-state index in [1.165, 1.54) is 12.8 Å². The van der Waals surface area contributed by atoms with Crippen molar-refractivity contribution in [3.05, 3.63) is 0 Å². The lowest BCUT2D eigenvalue weighted by molar-refractivity contribution is 0.261. The van der Waals surface area contributed by atoms with Gasteiger partial charge in [-0.2, -0.15) is 0 Å². The maximum Gasteiger partial charge on any atom is -0.0238 e. The van der Waals surface area contributed by atoms with Crippen molar-refractivity contribution in [2.24, 2.45) is 29.1 Å². The van der Waals surface area contributed by atoms with E-state index in [4.69, 9.17) is 0 Å². The van der Waals surface area contributed by atoms with Crippen molar-refractivity contribution < 1.29 is 0 Å². The first kappa shape index (κ1) is 7.64. The van der Waals surface area contributed by atoms with Crippen LogP contribution in [0.2, 0.25) is 0 Å². The Bertz CT molecular complexity index is 171. The van der Waals surface area contributed by atoms with Gasteiger partial charge in [-0.15, -0.1) is 0 Å². The van der Waals surface area contributed by atoms with E-state index in [1.54, 1.807) is 0 Å². The molecule has 5 unspecified atom stereocenters. The quantitative estimate of drug-likeness (QED) is 0.540. The van der Waals surface area contributed by atoms with Gasteiger partial charge in [0.2, 0.25) is 0 Å². The van der Waals surface area contributed by atoms with Gasteiger partial charge in [-0.25, -0.2) is 0 Å². The molecule has 0 aromatic heterocycles. The minimum Gasteiger partial charge on any atom is -0.0648 e. The van der Waals surface area contributed by atoms with Gasteiger partial charge in [-0.1, -0.05) is 27.7 Å². The molecule has 64 valence electrons. The normalized spacial score (nSPS) is 61.1. The molecule has 0 aromatic rings. The molecule has 11 heavy (non-hydrogen) atoms. The number of fused-ring (bicyclic) bond motifs is 1. The van der Waals surface area contributed by atoms with Gasteiger partial charge < -0.3 is 0 Å². The molecular weight excluding hydrogens is 132 g/mol. The molecule has 0 amide bonds. The lowest BCUT2D eigenvalue weighted by Gasteiger charge is -2.23. The van der Waals surface area contributed by atoms with E-state index in [1.807, 2.05) is 0 Å². The summed E-state index contributed by atoms with van der Waals surface area (Å²) in [6.45, 7) is 9.74. The molecule has 0 aromatic carbocycles. The molecule has 0 radical (unpaired) electrons. The third-order valence-corrected chi connectivity index (χ3v) is 5.00. The van der Waals surface area contributed by atoms with E-state index in [2.05, 4.69) is 27.7 Å². The van der Waals surface area contributed by atoms with Crippen LogP contribution >= 0.6 is 0 Å². The van der Waals surface area contributed by atoms with Crippen molar-refractivity contribution in [3.63, 3.8) is 0 Å². The molecule has 2 fully saturated rings. The number of rotatable bonds is 1. The lowest BCUT2D eigenvalue weighted by Crippen LogP contribution is -2.16. The van der Waals surface area contributed by atoms with E-state index in [-0.39, 0.29) is 0 Å². The maximum absolute atomic E-state index is 2.47. The van der Waals surface area contributed by atoms with Crippen LogP contribution in [0.3, 0.4) is 0 Å². The number of hydrogen-bond acceptors (Lipinski definition) is 0. The summed E-state index contributed by atoms with van der Waals surface area (Å²) in [6, 6.07) is 0. The molecule has 2 aliphatic carbocycles. The Morgan fingerprint density at radius 1 is 1.18 bits per heavy atom. The summed E-state index contributed by atoms with van der Waals surface area (Å²) in [4.78, 5) is 0. The molecule has 0 heteroatoms. The minimum atomic E-state index is 0.804. The summed E-state index contributed by atoms with van der Waals surface area (Å²) < 4.78 is 0. The lowest BCUT2D eigenvalue weighted by atomic mass is 9.82. The van der Waals surface area contributed by atoms with Crippen LogP contribution in [0.4, 0.5) is 0 Å². The summed E-state index contributed by atoms with van der Waals surface area (Å²) in [6.07, 6.45) is 2.96. The molecule has 0 aliphatic heterocycles.